The Morgan fingerprint density at radius 1 is 0.917 bits per heavy atom. The van der Waals surface area contributed by atoms with Crippen molar-refractivity contribution in [3.8, 4) is 16.9 Å². The highest BCUT2D eigenvalue weighted by Gasteiger charge is 2.21. The van der Waals surface area contributed by atoms with Crippen molar-refractivity contribution in [2.75, 3.05) is 7.11 Å². The van der Waals surface area contributed by atoms with Crippen molar-refractivity contribution in [1.29, 1.82) is 0 Å². The molecule has 0 saturated heterocycles. The number of methoxy groups -OCH3 is 1. The summed E-state index contributed by atoms with van der Waals surface area (Å²) in [4.78, 5) is 0. The highest BCUT2D eigenvalue weighted by Crippen LogP contribution is 2.37. The molecule has 0 aromatic heterocycles. The smallest absolute Gasteiger partial charge is 0.118 e. The van der Waals surface area contributed by atoms with E-state index in [1.807, 2.05) is 12.1 Å². The van der Waals surface area contributed by atoms with Gasteiger partial charge in [-0.15, -0.1) is 0 Å². The van der Waals surface area contributed by atoms with Crippen molar-refractivity contribution in [3.63, 3.8) is 0 Å². The van der Waals surface area contributed by atoms with Crippen molar-refractivity contribution < 1.29 is 9.13 Å². The van der Waals surface area contributed by atoms with Gasteiger partial charge in [-0.3, -0.25) is 0 Å². The molecule has 2 aromatic carbocycles. The third kappa shape index (κ3) is 4.05. The van der Waals surface area contributed by atoms with Gasteiger partial charge in [0.1, 0.15) is 5.75 Å². The molecule has 2 heteroatoms. The van der Waals surface area contributed by atoms with Crippen molar-refractivity contribution in [3.05, 3.63) is 66.5 Å². The summed E-state index contributed by atoms with van der Waals surface area (Å²) in [7, 11) is 1.69. The first-order valence-corrected chi connectivity index (χ1v) is 8.79. The van der Waals surface area contributed by atoms with Crippen molar-refractivity contribution in [1.82, 2.24) is 0 Å². The van der Waals surface area contributed by atoms with Crippen LogP contribution in [0.3, 0.4) is 0 Å². The van der Waals surface area contributed by atoms with Gasteiger partial charge in [0, 0.05) is 0 Å². The van der Waals surface area contributed by atoms with E-state index >= 15 is 0 Å². The van der Waals surface area contributed by atoms with Crippen LogP contribution in [-0.4, -0.2) is 7.11 Å². The Morgan fingerprint density at radius 3 is 2.04 bits per heavy atom. The molecule has 0 bridgehead atoms. The largest absolute Gasteiger partial charge is 0.497 e. The molecule has 1 saturated carbocycles. The molecule has 3 rings (SSSR count). The summed E-state index contributed by atoms with van der Waals surface area (Å²) in [5.41, 5.74) is 3.89. The summed E-state index contributed by atoms with van der Waals surface area (Å²) in [6.45, 7) is 0. The number of hydrogen-bond donors (Lipinski definition) is 0. The van der Waals surface area contributed by atoms with E-state index in [-0.39, 0.29) is 0 Å². The van der Waals surface area contributed by atoms with E-state index in [1.54, 1.807) is 13.2 Å². The molecule has 0 atom stereocenters. The molecule has 0 amide bonds. The fourth-order valence-corrected chi connectivity index (χ4v) is 3.71. The second-order valence-electron chi connectivity index (χ2n) is 6.67. The number of benzene rings is 2. The van der Waals surface area contributed by atoms with Crippen molar-refractivity contribution in [2.45, 2.75) is 38.0 Å². The average Bonchev–Trinajstić information content (AvgIpc) is 2.67. The molecule has 126 valence electrons. The van der Waals surface area contributed by atoms with Crippen LogP contribution in [-0.2, 0) is 0 Å². The second kappa shape index (κ2) is 8.14. The summed E-state index contributed by atoms with van der Waals surface area (Å²) in [6.07, 6.45) is 8.07. The number of ether oxygens (including phenoxy) is 1. The molecular formula is C22H25FO. The highest BCUT2D eigenvalue weighted by atomic mass is 19.1. The van der Waals surface area contributed by atoms with Crippen LogP contribution in [0, 0.1) is 5.92 Å². The Bertz CT molecular complexity index is 649. The fraction of sp³-hybridized carbons (Fsp3) is 0.364. The fourth-order valence-electron chi connectivity index (χ4n) is 3.71. The van der Waals surface area contributed by atoms with Gasteiger partial charge < -0.3 is 4.74 Å². The van der Waals surface area contributed by atoms with Gasteiger partial charge in [-0.05, 0) is 72.8 Å². The predicted molar refractivity (Wildman–Crippen MR) is 98.0 cm³/mol. The lowest BCUT2D eigenvalue weighted by Gasteiger charge is -2.28. The number of rotatable bonds is 5. The molecular weight excluding hydrogens is 299 g/mol. The zero-order chi connectivity index (χ0) is 16.8. The van der Waals surface area contributed by atoms with Gasteiger partial charge in [-0.25, -0.2) is 4.39 Å². The van der Waals surface area contributed by atoms with E-state index < -0.39 is 0 Å². The molecule has 1 fully saturated rings. The Kier molecular flexibility index (Phi) is 5.68. The van der Waals surface area contributed by atoms with E-state index in [9.17, 15) is 4.39 Å². The third-order valence-electron chi connectivity index (χ3n) is 5.21. The van der Waals surface area contributed by atoms with Crippen molar-refractivity contribution in [2.24, 2.45) is 5.92 Å². The number of allylic oxidation sites excluding steroid dienone is 1. The van der Waals surface area contributed by atoms with Gasteiger partial charge in [0.25, 0.3) is 0 Å². The quantitative estimate of drug-likeness (QED) is 0.609. The van der Waals surface area contributed by atoms with Crippen LogP contribution in [0.15, 0.2) is 60.9 Å². The SMILES string of the molecule is COc1ccc(-c2ccc([C@H]3CC[C@H](CC=CF)CC3)cc2)cc1. The molecule has 0 N–H and O–H groups in total. The van der Waals surface area contributed by atoms with Crippen LogP contribution in [0.5, 0.6) is 5.75 Å². The number of halogens is 1. The van der Waals surface area contributed by atoms with Crippen LogP contribution in [0.1, 0.15) is 43.6 Å². The average molecular weight is 324 g/mol. The molecule has 0 heterocycles. The minimum absolute atomic E-state index is 0.653. The molecule has 0 unspecified atom stereocenters. The monoisotopic (exact) mass is 324 g/mol. The van der Waals surface area contributed by atoms with E-state index in [0.29, 0.717) is 18.2 Å². The summed E-state index contributed by atoms with van der Waals surface area (Å²) in [5.74, 6) is 2.20. The van der Waals surface area contributed by atoms with Crippen LogP contribution in [0.4, 0.5) is 4.39 Å². The third-order valence-corrected chi connectivity index (χ3v) is 5.21. The topological polar surface area (TPSA) is 9.23 Å². The second-order valence-corrected chi connectivity index (χ2v) is 6.67. The summed E-state index contributed by atoms with van der Waals surface area (Å²) >= 11 is 0. The first kappa shape index (κ1) is 16.8. The van der Waals surface area contributed by atoms with Gasteiger partial charge in [0.2, 0.25) is 0 Å². The molecule has 0 radical (unpaired) electrons. The lowest BCUT2D eigenvalue weighted by atomic mass is 9.77. The highest BCUT2D eigenvalue weighted by molar-refractivity contribution is 5.64. The van der Waals surface area contributed by atoms with Gasteiger partial charge in [-0.2, -0.15) is 0 Å². The van der Waals surface area contributed by atoms with Gasteiger partial charge in [0.15, 0.2) is 0 Å². The lowest BCUT2D eigenvalue weighted by Crippen LogP contribution is -2.12. The van der Waals surface area contributed by atoms with Gasteiger partial charge in [0.05, 0.1) is 13.4 Å². The van der Waals surface area contributed by atoms with Crippen LogP contribution >= 0.6 is 0 Å². The molecule has 24 heavy (non-hydrogen) atoms. The molecule has 0 spiro atoms. The van der Waals surface area contributed by atoms with E-state index in [0.717, 1.165) is 12.2 Å². The number of hydrogen-bond acceptors (Lipinski definition) is 1. The predicted octanol–water partition coefficient (Wildman–Crippen LogP) is 6.51. The minimum Gasteiger partial charge on any atom is -0.497 e. The van der Waals surface area contributed by atoms with Gasteiger partial charge >= 0.3 is 0 Å². The molecule has 1 nitrogen and oxygen atoms in total. The zero-order valence-corrected chi connectivity index (χ0v) is 14.2. The summed E-state index contributed by atoms with van der Waals surface area (Å²) in [5, 5.41) is 0. The Labute approximate surface area is 144 Å². The Morgan fingerprint density at radius 2 is 1.50 bits per heavy atom. The minimum atomic E-state index is 0.653. The first-order valence-electron chi connectivity index (χ1n) is 8.79. The molecule has 2 aromatic rings. The summed E-state index contributed by atoms with van der Waals surface area (Å²) in [6, 6.07) is 17.2. The maximum Gasteiger partial charge on any atom is 0.118 e. The van der Waals surface area contributed by atoms with Gasteiger partial charge in [-0.1, -0.05) is 42.5 Å². The van der Waals surface area contributed by atoms with Crippen LogP contribution in [0.2, 0.25) is 0 Å². The van der Waals surface area contributed by atoms with Crippen LogP contribution in [0.25, 0.3) is 11.1 Å². The maximum atomic E-state index is 12.1. The first-order chi connectivity index (χ1) is 11.8. The zero-order valence-electron chi connectivity index (χ0n) is 14.2. The normalized spacial score (nSPS) is 21.1. The van der Waals surface area contributed by atoms with E-state index in [1.165, 1.54) is 42.4 Å². The Hall–Kier alpha value is -2.09. The lowest BCUT2D eigenvalue weighted by molar-refractivity contribution is 0.327. The standard InChI is InChI=1S/C22H25FO/c1-24-22-14-12-21(13-15-22)20-10-8-19(9-11-20)18-6-4-17(5-7-18)3-2-16-23/h2,8-18H,3-7H2,1H3/t17-,18-. The van der Waals surface area contributed by atoms with E-state index in [4.69, 9.17) is 4.74 Å². The molecule has 1 aliphatic rings. The molecule has 0 aliphatic heterocycles. The Balaban J connectivity index is 1.62. The van der Waals surface area contributed by atoms with E-state index in [2.05, 4.69) is 36.4 Å². The molecule has 1 aliphatic carbocycles. The maximum absolute atomic E-state index is 12.1. The van der Waals surface area contributed by atoms with Crippen LogP contribution < -0.4 is 4.74 Å². The van der Waals surface area contributed by atoms with Crippen molar-refractivity contribution >= 4 is 0 Å². The summed E-state index contributed by atoms with van der Waals surface area (Å²) < 4.78 is 17.3.